The van der Waals surface area contributed by atoms with Gasteiger partial charge in [0.2, 0.25) is 5.91 Å². The minimum absolute atomic E-state index is 0.0229. The molecule has 0 unspecified atom stereocenters. The van der Waals surface area contributed by atoms with Crippen LogP contribution in [-0.2, 0) is 11.2 Å². The molecule has 0 saturated heterocycles. The lowest BCUT2D eigenvalue weighted by atomic mass is 10.1. The predicted octanol–water partition coefficient (Wildman–Crippen LogP) is 3.43. The number of hydrogen-bond donors (Lipinski definition) is 1. The van der Waals surface area contributed by atoms with Crippen LogP contribution in [0.1, 0.15) is 29.7 Å². The van der Waals surface area contributed by atoms with Gasteiger partial charge in [0.25, 0.3) is 0 Å². The lowest BCUT2D eigenvalue weighted by Gasteiger charge is -2.15. The number of ether oxygens (including phenoxy) is 2. The topological polar surface area (TPSA) is 47.6 Å². The normalized spacial score (nSPS) is 11.7. The summed E-state index contributed by atoms with van der Waals surface area (Å²) in [6, 6.07) is 13.7. The van der Waals surface area contributed by atoms with Crippen LogP contribution in [-0.4, -0.2) is 20.1 Å². The highest BCUT2D eigenvalue weighted by Gasteiger charge is 2.12. The zero-order chi connectivity index (χ0) is 16.8. The molecular weight excluding hydrogens is 290 g/mol. The van der Waals surface area contributed by atoms with Crippen molar-refractivity contribution in [2.75, 3.05) is 14.2 Å². The molecule has 4 nitrogen and oxygen atoms in total. The third-order valence-electron chi connectivity index (χ3n) is 3.77. The maximum absolute atomic E-state index is 12.2. The van der Waals surface area contributed by atoms with E-state index >= 15 is 0 Å². The van der Waals surface area contributed by atoms with Gasteiger partial charge in [0, 0.05) is 0 Å². The quantitative estimate of drug-likeness (QED) is 0.889. The molecule has 1 amide bonds. The SMILES string of the molecule is COc1ccc(CC(=O)N[C@@H](C)c2ccc(C)cc2)cc1OC. The fourth-order valence-electron chi connectivity index (χ4n) is 2.41. The second kappa shape index (κ2) is 7.68. The lowest BCUT2D eigenvalue weighted by Crippen LogP contribution is -2.28. The van der Waals surface area contributed by atoms with E-state index in [9.17, 15) is 4.79 Å². The van der Waals surface area contributed by atoms with E-state index < -0.39 is 0 Å². The van der Waals surface area contributed by atoms with Crippen LogP contribution in [0.4, 0.5) is 0 Å². The molecule has 1 N–H and O–H groups in total. The molecule has 2 aromatic rings. The molecule has 0 fully saturated rings. The Balaban J connectivity index is 2.00. The van der Waals surface area contributed by atoms with Gasteiger partial charge in [-0.1, -0.05) is 35.9 Å². The van der Waals surface area contributed by atoms with Crippen LogP contribution >= 0.6 is 0 Å². The summed E-state index contributed by atoms with van der Waals surface area (Å²) in [7, 11) is 3.18. The van der Waals surface area contributed by atoms with Crippen molar-refractivity contribution >= 4 is 5.91 Å². The van der Waals surface area contributed by atoms with E-state index in [1.165, 1.54) is 5.56 Å². The van der Waals surface area contributed by atoms with Gasteiger partial charge in [0.05, 0.1) is 26.7 Å². The summed E-state index contributed by atoms with van der Waals surface area (Å²) in [5.74, 6) is 1.26. The van der Waals surface area contributed by atoms with Gasteiger partial charge in [-0.2, -0.15) is 0 Å². The minimum atomic E-state index is -0.0248. The van der Waals surface area contributed by atoms with Crippen molar-refractivity contribution in [2.24, 2.45) is 0 Å². The summed E-state index contributed by atoms with van der Waals surface area (Å²) in [6.45, 7) is 4.03. The number of methoxy groups -OCH3 is 2. The van der Waals surface area contributed by atoms with Crippen molar-refractivity contribution in [3.8, 4) is 11.5 Å². The highest BCUT2D eigenvalue weighted by molar-refractivity contribution is 5.79. The Morgan fingerprint density at radius 3 is 2.30 bits per heavy atom. The zero-order valence-electron chi connectivity index (χ0n) is 14.1. The van der Waals surface area contributed by atoms with E-state index in [1.54, 1.807) is 14.2 Å². The number of benzene rings is 2. The summed E-state index contributed by atoms with van der Waals surface area (Å²) in [6.07, 6.45) is 0.302. The van der Waals surface area contributed by atoms with Crippen LogP contribution in [0.15, 0.2) is 42.5 Å². The predicted molar refractivity (Wildman–Crippen MR) is 91.0 cm³/mol. The van der Waals surface area contributed by atoms with Crippen LogP contribution in [0.2, 0.25) is 0 Å². The first-order chi connectivity index (χ1) is 11.0. The molecule has 0 aliphatic carbocycles. The van der Waals surface area contributed by atoms with Gasteiger partial charge in [0.1, 0.15) is 0 Å². The van der Waals surface area contributed by atoms with E-state index in [2.05, 4.69) is 5.32 Å². The van der Waals surface area contributed by atoms with E-state index in [-0.39, 0.29) is 11.9 Å². The largest absolute Gasteiger partial charge is 0.493 e. The molecule has 0 heterocycles. The average molecular weight is 313 g/mol. The standard InChI is InChI=1S/C19H23NO3/c1-13-5-8-16(9-6-13)14(2)20-19(21)12-15-7-10-17(22-3)18(11-15)23-4/h5-11,14H,12H2,1-4H3,(H,20,21)/t14-/m0/s1. The second-order valence-corrected chi connectivity index (χ2v) is 5.57. The molecule has 1 atom stereocenters. The average Bonchev–Trinajstić information content (AvgIpc) is 2.55. The zero-order valence-corrected chi connectivity index (χ0v) is 14.1. The van der Waals surface area contributed by atoms with Crippen LogP contribution in [0.25, 0.3) is 0 Å². The van der Waals surface area contributed by atoms with E-state index in [4.69, 9.17) is 9.47 Å². The maximum atomic E-state index is 12.2. The first-order valence-electron chi connectivity index (χ1n) is 7.60. The van der Waals surface area contributed by atoms with Gasteiger partial charge in [-0.05, 0) is 37.1 Å². The Bertz CT molecular complexity index is 665. The van der Waals surface area contributed by atoms with Crippen LogP contribution in [0, 0.1) is 6.92 Å². The Morgan fingerprint density at radius 2 is 1.70 bits per heavy atom. The van der Waals surface area contributed by atoms with Gasteiger partial charge in [-0.15, -0.1) is 0 Å². The van der Waals surface area contributed by atoms with Crippen LogP contribution < -0.4 is 14.8 Å². The second-order valence-electron chi connectivity index (χ2n) is 5.57. The molecule has 0 bridgehead atoms. The summed E-state index contributed by atoms with van der Waals surface area (Å²) < 4.78 is 10.5. The number of carbonyl (C=O) groups is 1. The highest BCUT2D eigenvalue weighted by atomic mass is 16.5. The fourth-order valence-corrected chi connectivity index (χ4v) is 2.41. The van der Waals surface area contributed by atoms with Crippen molar-refractivity contribution in [3.63, 3.8) is 0 Å². The summed E-state index contributed by atoms with van der Waals surface area (Å²) in [5, 5.41) is 3.02. The Labute approximate surface area is 137 Å². The molecule has 0 aliphatic heterocycles. The van der Waals surface area contributed by atoms with E-state index in [0.29, 0.717) is 17.9 Å². The minimum Gasteiger partial charge on any atom is -0.493 e. The Hall–Kier alpha value is -2.49. The van der Waals surface area contributed by atoms with Crippen molar-refractivity contribution < 1.29 is 14.3 Å². The smallest absolute Gasteiger partial charge is 0.224 e. The lowest BCUT2D eigenvalue weighted by molar-refractivity contribution is -0.121. The van der Waals surface area contributed by atoms with Crippen LogP contribution in [0.3, 0.4) is 0 Å². The number of aryl methyl sites for hydroxylation is 1. The van der Waals surface area contributed by atoms with Crippen molar-refractivity contribution in [2.45, 2.75) is 26.3 Å². The molecule has 0 aromatic heterocycles. The maximum Gasteiger partial charge on any atom is 0.224 e. The van der Waals surface area contributed by atoms with Crippen molar-refractivity contribution in [1.29, 1.82) is 0 Å². The molecule has 23 heavy (non-hydrogen) atoms. The van der Waals surface area contributed by atoms with Gasteiger partial charge < -0.3 is 14.8 Å². The molecule has 122 valence electrons. The molecule has 2 rings (SSSR count). The van der Waals surface area contributed by atoms with Crippen molar-refractivity contribution in [3.05, 3.63) is 59.2 Å². The highest BCUT2D eigenvalue weighted by Crippen LogP contribution is 2.27. The van der Waals surface area contributed by atoms with Crippen molar-refractivity contribution in [1.82, 2.24) is 5.32 Å². The number of carbonyl (C=O) groups excluding carboxylic acids is 1. The monoisotopic (exact) mass is 313 g/mol. The molecular formula is C19H23NO3. The summed E-state index contributed by atoms with van der Waals surface area (Å²) >= 11 is 0. The first-order valence-corrected chi connectivity index (χ1v) is 7.60. The first kappa shape index (κ1) is 16.9. The Kier molecular flexibility index (Phi) is 5.63. The molecule has 0 radical (unpaired) electrons. The molecule has 0 saturated carbocycles. The van der Waals surface area contributed by atoms with Crippen LogP contribution in [0.5, 0.6) is 11.5 Å². The number of nitrogens with one attached hydrogen (secondary N) is 1. The van der Waals surface area contributed by atoms with E-state index in [0.717, 1.165) is 11.1 Å². The summed E-state index contributed by atoms with van der Waals surface area (Å²) in [4.78, 5) is 12.2. The number of hydrogen-bond acceptors (Lipinski definition) is 3. The van der Waals surface area contributed by atoms with Gasteiger partial charge in [0.15, 0.2) is 11.5 Å². The Morgan fingerprint density at radius 1 is 1.04 bits per heavy atom. The number of amides is 1. The van der Waals surface area contributed by atoms with Gasteiger partial charge >= 0.3 is 0 Å². The fraction of sp³-hybridized carbons (Fsp3) is 0.316. The van der Waals surface area contributed by atoms with E-state index in [1.807, 2.05) is 56.3 Å². The van der Waals surface area contributed by atoms with Gasteiger partial charge in [-0.3, -0.25) is 4.79 Å². The van der Waals surface area contributed by atoms with Gasteiger partial charge in [-0.25, -0.2) is 0 Å². The third-order valence-corrected chi connectivity index (χ3v) is 3.77. The third kappa shape index (κ3) is 4.49. The molecule has 4 heteroatoms. The number of rotatable bonds is 6. The molecule has 2 aromatic carbocycles. The summed E-state index contributed by atoms with van der Waals surface area (Å²) in [5.41, 5.74) is 3.19. The molecule has 0 aliphatic rings. The molecule has 0 spiro atoms.